The zero-order valence-electron chi connectivity index (χ0n) is 27.9. The van der Waals surface area contributed by atoms with Gasteiger partial charge in [0.25, 0.3) is 0 Å². The van der Waals surface area contributed by atoms with E-state index in [0.717, 1.165) is 59.6 Å². The topological polar surface area (TPSA) is 83.9 Å². The van der Waals surface area contributed by atoms with Gasteiger partial charge in [-0.1, -0.05) is 44.2 Å². The Labute approximate surface area is 272 Å². The van der Waals surface area contributed by atoms with Crippen molar-refractivity contribution in [1.29, 1.82) is 0 Å². The second kappa shape index (κ2) is 13.1. The molecule has 2 aliphatic heterocycles. The number of likely N-dealkylation sites (tertiary alicyclic amines) is 1. The Kier molecular flexibility index (Phi) is 8.95. The Morgan fingerprint density at radius 1 is 0.935 bits per heavy atom. The highest BCUT2D eigenvalue weighted by Gasteiger charge is 2.43. The lowest BCUT2D eigenvalue weighted by atomic mass is 9.88. The first-order chi connectivity index (χ1) is 22.2. The van der Waals surface area contributed by atoms with E-state index in [1.807, 2.05) is 49.2 Å². The Morgan fingerprint density at radius 2 is 1.67 bits per heavy atom. The number of carbonyl (C=O) groups is 1. The second-order valence-corrected chi connectivity index (χ2v) is 12.9. The molecule has 2 amide bonds. The summed E-state index contributed by atoms with van der Waals surface area (Å²) in [5, 5.41) is 0. The number of aromatic nitrogens is 3. The standard InChI is InChI=1S/C37H44N6O3/c1-23(2)34-30-22-38-32(20-28-12-11-27(19-31(28)46-7)26-15-17-41(5)18-16-26)40-36(30)42(33-14-13-29(45-6)21-39-33)37(44)43(34)35-24(3)9-8-10-25(35)4/h8-14,19,21-23,26,34H,15-18,20H2,1-7H3. The van der Waals surface area contributed by atoms with Crippen LogP contribution in [0.4, 0.5) is 22.1 Å². The average Bonchev–Trinajstić information content (AvgIpc) is 3.05. The van der Waals surface area contributed by atoms with Gasteiger partial charge in [0.1, 0.15) is 23.1 Å². The molecule has 0 saturated carbocycles. The van der Waals surface area contributed by atoms with Crippen LogP contribution in [-0.2, 0) is 6.42 Å². The van der Waals surface area contributed by atoms with Crippen LogP contribution in [-0.4, -0.2) is 60.2 Å². The van der Waals surface area contributed by atoms with Crippen molar-refractivity contribution in [3.8, 4) is 11.5 Å². The van der Waals surface area contributed by atoms with E-state index in [2.05, 4.69) is 49.0 Å². The van der Waals surface area contributed by atoms with Crippen molar-refractivity contribution in [1.82, 2.24) is 19.9 Å². The van der Waals surface area contributed by atoms with Crippen molar-refractivity contribution in [3.05, 3.63) is 94.6 Å². The minimum absolute atomic E-state index is 0.0920. The first-order valence-corrected chi connectivity index (χ1v) is 16.1. The summed E-state index contributed by atoms with van der Waals surface area (Å²) in [6.45, 7) is 10.6. The fourth-order valence-corrected chi connectivity index (χ4v) is 6.93. The molecule has 0 N–H and O–H groups in total. The summed E-state index contributed by atoms with van der Waals surface area (Å²) in [5.41, 5.74) is 6.15. The van der Waals surface area contributed by atoms with Crippen molar-refractivity contribution in [3.63, 3.8) is 0 Å². The van der Waals surface area contributed by atoms with Gasteiger partial charge in [0.15, 0.2) is 5.82 Å². The van der Waals surface area contributed by atoms with Crippen LogP contribution in [0.15, 0.2) is 60.9 Å². The van der Waals surface area contributed by atoms with Gasteiger partial charge in [0.2, 0.25) is 0 Å². The van der Waals surface area contributed by atoms with Crippen molar-refractivity contribution in [2.75, 3.05) is 44.2 Å². The van der Waals surface area contributed by atoms with Crippen LogP contribution >= 0.6 is 0 Å². The molecule has 2 aromatic carbocycles. The Bertz CT molecular complexity index is 1690. The Balaban J connectivity index is 1.43. The highest BCUT2D eigenvalue weighted by molar-refractivity contribution is 6.11. The maximum absolute atomic E-state index is 14.7. The SMILES string of the molecule is COc1ccc(N2C(=O)N(c3c(C)cccc3C)C(C(C)C)c3cnc(Cc4ccc(C5CCN(C)CC5)cc4OC)nc32)nc1. The normalized spacial score (nSPS) is 17.4. The van der Waals surface area contributed by atoms with E-state index in [-0.39, 0.29) is 18.0 Å². The van der Waals surface area contributed by atoms with Gasteiger partial charge in [-0.25, -0.2) is 24.6 Å². The third-order valence-electron chi connectivity index (χ3n) is 9.40. The number of aryl methyl sites for hydroxylation is 2. The molecule has 0 aliphatic carbocycles. The quantitative estimate of drug-likeness (QED) is 0.203. The van der Waals surface area contributed by atoms with Crippen LogP contribution in [0.3, 0.4) is 0 Å². The van der Waals surface area contributed by atoms with Gasteiger partial charge in [-0.3, -0.25) is 4.90 Å². The molecule has 9 heteroatoms. The van der Waals surface area contributed by atoms with Crippen LogP contribution in [0, 0.1) is 19.8 Å². The number of hydrogen-bond acceptors (Lipinski definition) is 7. The predicted molar refractivity (Wildman–Crippen MR) is 182 cm³/mol. The molecule has 4 aromatic rings. The zero-order valence-corrected chi connectivity index (χ0v) is 27.9. The lowest BCUT2D eigenvalue weighted by Gasteiger charge is -2.44. The number of para-hydroxylation sites is 1. The molecule has 1 fully saturated rings. The zero-order chi connectivity index (χ0) is 32.5. The van der Waals surface area contributed by atoms with Crippen molar-refractivity contribution in [2.45, 2.75) is 58.9 Å². The summed E-state index contributed by atoms with van der Waals surface area (Å²) in [6.07, 6.45) is 6.28. The molecule has 9 nitrogen and oxygen atoms in total. The summed E-state index contributed by atoms with van der Waals surface area (Å²) < 4.78 is 11.3. The number of ether oxygens (including phenoxy) is 2. The number of amides is 2. The summed E-state index contributed by atoms with van der Waals surface area (Å²) in [5.74, 6) is 3.70. The van der Waals surface area contributed by atoms with Gasteiger partial charge < -0.3 is 14.4 Å². The highest BCUT2D eigenvalue weighted by Crippen LogP contribution is 2.46. The van der Waals surface area contributed by atoms with E-state index in [9.17, 15) is 4.79 Å². The number of methoxy groups -OCH3 is 2. The summed E-state index contributed by atoms with van der Waals surface area (Å²) >= 11 is 0. The predicted octanol–water partition coefficient (Wildman–Crippen LogP) is 7.38. The van der Waals surface area contributed by atoms with E-state index in [1.165, 1.54) is 5.56 Å². The molecule has 4 heterocycles. The number of nitrogens with zero attached hydrogens (tertiary/aromatic N) is 6. The minimum Gasteiger partial charge on any atom is -0.496 e. The van der Waals surface area contributed by atoms with Gasteiger partial charge in [-0.05, 0) is 93.6 Å². The molecule has 240 valence electrons. The number of piperidine rings is 1. The van der Waals surface area contributed by atoms with Crippen LogP contribution in [0.1, 0.15) is 72.3 Å². The van der Waals surface area contributed by atoms with E-state index < -0.39 is 0 Å². The van der Waals surface area contributed by atoms with Gasteiger partial charge >= 0.3 is 6.03 Å². The number of fused-ring (bicyclic) bond motifs is 1. The number of anilines is 3. The van der Waals surface area contributed by atoms with E-state index in [4.69, 9.17) is 19.4 Å². The van der Waals surface area contributed by atoms with E-state index >= 15 is 0 Å². The summed E-state index contributed by atoms with van der Waals surface area (Å²) in [6, 6.07) is 15.8. The number of urea groups is 1. The molecule has 0 spiro atoms. The highest BCUT2D eigenvalue weighted by atomic mass is 16.5. The van der Waals surface area contributed by atoms with Gasteiger partial charge in [0, 0.05) is 23.7 Å². The van der Waals surface area contributed by atoms with Crippen LogP contribution in [0.2, 0.25) is 0 Å². The lowest BCUT2D eigenvalue weighted by Crippen LogP contribution is -2.50. The smallest absolute Gasteiger partial charge is 0.336 e. The number of carbonyl (C=O) groups excluding carboxylic acids is 1. The Hall–Kier alpha value is -4.50. The third kappa shape index (κ3) is 5.91. The van der Waals surface area contributed by atoms with E-state index in [1.54, 1.807) is 31.4 Å². The van der Waals surface area contributed by atoms with E-state index in [0.29, 0.717) is 35.5 Å². The largest absolute Gasteiger partial charge is 0.496 e. The van der Waals surface area contributed by atoms with Crippen molar-refractivity contribution in [2.24, 2.45) is 5.92 Å². The van der Waals surface area contributed by atoms with Gasteiger partial charge in [0.05, 0.1) is 32.1 Å². The van der Waals surface area contributed by atoms with Crippen molar-refractivity contribution < 1.29 is 14.3 Å². The number of hydrogen-bond donors (Lipinski definition) is 0. The minimum atomic E-state index is -0.269. The molecular weight excluding hydrogens is 576 g/mol. The molecule has 0 bridgehead atoms. The molecule has 2 aliphatic rings. The third-order valence-corrected chi connectivity index (χ3v) is 9.40. The van der Waals surface area contributed by atoms with Crippen LogP contribution < -0.4 is 19.3 Å². The number of rotatable bonds is 8. The molecule has 46 heavy (non-hydrogen) atoms. The summed E-state index contributed by atoms with van der Waals surface area (Å²) in [4.78, 5) is 35.3. The maximum atomic E-state index is 14.7. The lowest BCUT2D eigenvalue weighted by molar-refractivity contribution is 0.246. The molecule has 1 atom stereocenters. The fourth-order valence-electron chi connectivity index (χ4n) is 6.93. The first kappa shape index (κ1) is 31.5. The second-order valence-electron chi connectivity index (χ2n) is 12.9. The van der Waals surface area contributed by atoms with Crippen LogP contribution in [0.25, 0.3) is 0 Å². The molecule has 1 unspecified atom stereocenters. The number of pyridine rings is 1. The van der Waals surface area contributed by atoms with Crippen molar-refractivity contribution >= 4 is 23.4 Å². The van der Waals surface area contributed by atoms with Gasteiger partial charge in [-0.2, -0.15) is 0 Å². The summed E-state index contributed by atoms with van der Waals surface area (Å²) in [7, 11) is 5.50. The number of benzene rings is 2. The van der Waals surface area contributed by atoms with Gasteiger partial charge in [-0.15, -0.1) is 0 Å². The fraction of sp³-hybridized carbons (Fsp3) is 0.405. The van der Waals surface area contributed by atoms with Crippen LogP contribution in [0.5, 0.6) is 11.5 Å². The average molecular weight is 621 g/mol. The Morgan fingerprint density at radius 3 is 2.30 bits per heavy atom. The monoisotopic (exact) mass is 620 g/mol. The molecule has 2 aromatic heterocycles. The first-order valence-electron chi connectivity index (χ1n) is 16.1. The molecule has 0 radical (unpaired) electrons. The molecule has 1 saturated heterocycles. The molecular formula is C37H44N6O3. The maximum Gasteiger partial charge on any atom is 0.336 e. The molecule has 6 rings (SSSR count).